The Balaban J connectivity index is 1.35. The second-order valence-electron chi connectivity index (χ2n) is 8.06. The lowest BCUT2D eigenvalue weighted by atomic mass is 10.2. The maximum atomic E-state index is 12.8. The molecule has 1 saturated carbocycles. The van der Waals surface area contributed by atoms with Crippen LogP contribution in [-0.4, -0.2) is 36.9 Å². The third-order valence-corrected chi connectivity index (χ3v) is 8.88. The number of carbonyl (C=O) groups excluding carboxylic acids is 1. The minimum absolute atomic E-state index is 0.0694. The molecule has 1 fully saturated rings. The van der Waals surface area contributed by atoms with Crippen molar-refractivity contribution >= 4 is 51.0 Å². The van der Waals surface area contributed by atoms with Crippen LogP contribution >= 0.6 is 34.9 Å². The third kappa shape index (κ3) is 5.26. The molecular weight excluding hydrogens is 470 g/mol. The van der Waals surface area contributed by atoms with Gasteiger partial charge in [0.1, 0.15) is 5.82 Å². The number of aromatic nitrogens is 4. The summed E-state index contributed by atoms with van der Waals surface area (Å²) in [6, 6.07) is 18.6. The first-order chi connectivity index (χ1) is 16.2. The van der Waals surface area contributed by atoms with Gasteiger partial charge >= 0.3 is 0 Å². The molecule has 5 rings (SSSR count). The molecule has 2 aromatic heterocycles. The Hall–Kier alpha value is -2.36. The zero-order valence-electron chi connectivity index (χ0n) is 18.3. The van der Waals surface area contributed by atoms with E-state index in [2.05, 4.69) is 26.1 Å². The van der Waals surface area contributed by atoms with Gasteiger partial charge in [0, 0.05) is 11.7 Å². The lowest BCUT2D eigenvalue weighted by Crippen LogP contribution is -2.37. The molecule has 0 bridgehead atoms. The number of thioether (sulfide) groups is 2. The summed E-state index contributed by atoms with van der Waals surface area (Å²) in [6.07, 6.45) is 4.56. The van der Waals surface area contributed by atoms with Crippen molar-refractivity contribution < 1.29 is 4.79 Å². The number of hydrogen-bond donors (Lipinski definition) is 1. The number of nitrogens with zero attached hydrogens (tertiary/aromatic N) is 4. The molecule has 1 atom stereocenters. The van der Waals surface area contributed by atoms with E-state index in [0.717, 1.165) is 39.4 Å². The normalized spacial score (nSPS) is 15.2. The highest BCUT2D eigenvalue weighted by molar-refractivity contribution is 8.00. The van der Waals surface area contributed by atoms with E-state index in [4.69, 9.17) is 4.98 Å². The van der Waals surface area contributed by atoms with Gasteiger partial charge in [-0.3, -0.25) is 9.36 Å². The predicted octanol–water partition coefficient (Wildman–Crippen LogP) is 5.71. The van der Waals surface area contributed by atoms with Crippen molar-refractivity contribution in [2.45, 2.75) is 59.1 Å². The standard InChI is InChI=1S/C24H25N5OS3/c1-16(22(30)25-17-9-5-6-10-17)32-23-28-27-21(29(23)18-11-3-2-4-12-18)15-31-24-26-19-13-7-8-14-20(19)33-24/h2-4,7-8,11-14,16-17H,5-6,9-10,15H2,1H3,(H,25,30). The van der Waals surface area contributed by atoms with E-state index in [9.17, 15) is 4.79 Å². The number of fused-ring (bicyclic) bond motifs is 1. The molecular formula is C24H25N5OS3. The number of amides is 1. The number of thiazole rings is 1. The summed E-state index contributed by atoms with van der Waals surface area (Å²) in [5.74, 6) is 1.56. The van der Waals surface area contributed by atoms with Crippen LogP contribution in [0.3, 0.4) is 0 Å². The second-order valence-corrected chi connectivity index (χ2v) is 11.6. The van der Waals surface area contributed by atoms with E-state index in [0.29, 0.717) is 11.8 Å². The van der Waals surface area contributed by atoms with E-state index in [1.54, 1.807) is 23.1 Å². The average Bonchev–Trinajstić information content (AvgIpc) is 3.58. The molecule has 170 valence electrons. The summed E-state index contributed by atoms with van der Waals surface area (Å²) < 4.78 is 4.25. The van der Waals surface area contributed by atoms with Gasteiger partial charge in [0.2, 0.25) is 5.91 Å². The first kappa shape index (κ1) is 22.4. The van der Waals surface area contributed by atoms with Gasteiger partial charge in [0.05, 0.1) is 21.2 Å². The van der Waals surface area contributed by atoms with Crippen LogP contribution in [0.5, 0.6) is 0 Å². The lowest BCUT2D eigenvalue weighted by molar-refractivity contribution is -0.120. The summed E-state index contributed by atoms with van der Waals surface area (Å²) in [6.45, 7) is 1.94. The fourth-order valence-corrected chi connectivity index (χ4v) is 6.82. The van der Waals surface area contributed by atoms with Crippen LogP contribution in [0.4, 0.5) is 0 Å². The van der Waals surface area contributed by atoms with Crippen molar-refractivity contribution in [2.75, 3.05) is 0 Å². The van der Waals surface area contributed by atoms with Gasteiger partial charge in [-0.1, -0.05) is 66.7 Å². The number of benzene rings is 2. The van der Waals surface area contributed by atoms with Crippen LogP contribution in [0.25, 0.3) is 15.9 Å². The second kappa shape index (κ2) is 10.3. The maximum Gasteiger partial charge on any atom is 0.233 e. The van der Waals surface area contributed by atoms with Crippen molar-refractivity contribution in [1.29, 1.82) is 0 Å². The monoisotopic (exact) mass is 495 g/mol. The van der Waals surface area contributed by atoms with Gasteiger partial charge in [-0.15, -0.1) is 21.5 Å². The number of rotatable bonds is 8. The van der Waals surface area contributed by atoms with Crippen molar-refractivity contribution in [3.05, 3.63) is 60.4 Å². The first-order valence-electron chi connectivity index (χ1n) is 11.1. The van der Waals surface area contributed by atoms with Crippen molar-refractivity contribution in [3.63, 3.8) is 0 Å². The molecule has 1 aliphatic rings. The van der Waals surface area contributed by atoms with E-state index < -0.39 is 0 Å². The Morgan fingerprint density at radius 1 is 1.12 bits per heavy atom. The van der Waals surface area contributed by atoms with Gasteiger partial charge in [-0.2, -0.15) is 0 Å². The van der Waals surface area contributed by atoms with E-state index >= 15 is 0 Å². The Morgan fingerprint density at radius 2 is 1.88 bits per heavy atom. The van der Waals surface area contributed by atoms with Crippen molar-refractivity contribution in [1.82, 2.24) is 25.1 Å². The largest absolute Gasteiger partial charge is 0.352 e. The molecule has 2 heterocycles. The average molecular weight is 496 g/mol. The van der Waals surface area contributed by atoms with Crippen LogP contribution in [0.2, 0.25) is 0 Å². The maximum absolute atomic E-state index is 12.8. The van der Waals surface area contributed by atoms with Gasteiger partial charge < -0.3 is 5.32 Å². The van der Waals surface area contributed by atoms with Crippen molar-refractivity contribution in [2.24, 2.45) is 0 Å². The molecule has 1 N–H and O–H groups in total. The molecule has 0 aliphatic heterocycles. The third-order valence-electron chi connectivity index (χ3n) is 5.67. The minimum Gasteiger partial charge on any atom is -0.352 e. The zero-order chi connectivity index (χ0) is 22.6. The molecule has 0 saturated heterocycles. The van der Waals surface area contributed by atoms with Gasteiger partial charge in [0.25, 0.3) is 0 Å². The first-order valence-corrected chi connectivity index (χ1v) is 13.8. The molecule has 1 amide bonds. The van der Waals surface area contributed by atoms with Crippen LogP contribution < -0.4 is 5.32 Å². The SMILES string of the molecule is CC(Sc1nnc(CSc2nc3ccccc3s2)n1-c1ccccc1)C(=O)NC1CCCC1. The molecule has 4 aromatic rings. The van der Waals surface area contributed by atoms with Crippen LogP contribution in [0.1, 0.15) is 38.4 Å². The van der Waals surface area contributed by atoms with Gasteiger partial charge in [-0.05, 0) is 44.0 Å². The molecule has 1 unspecified atom stereocenters. The topological polar surface area (TPSA) is 72.7 Å². The van der Waals surface area contributed by atoms with Gasteiger partial charge in [-0.25, -0.2) is 4.98 Å². The Morgan fingerprint density at radius 3 is 2.67 bits per heavy atom. The summed E-state index contributed by atoms with van der Waals surface area (Å²) in [7, 11) is 0. The molecule has 9 heteroatoms. The summed E-state index contributed by atoms with van der Waals surface area (Å²) in [5.41, 5.74) is 2.01. The Labute approximate surface area is 205 Å². The highest BCUT2D eigenvalue weighted by atomic mass is 32.2. The molecule has 6 nitrogen and oxygen atoms in total. The van der Waals surface area contributed by atoms with Crippen LogP contribution in [0, 0.1) is 0 Å². The number of hydrogen-bond acceptors (Lipinski definition) is 7. The van der Waals surface area contributed by atoms with Crippen molar-refractivity contribution in [3.8, 4) is 5.69 Å². The quantitative estimate of drug-likeness (QED) is 0.316. The Bertz CT molecular complexity index is 1200. The fraction of sp³-hybridized carbons (Fsp3) is 0.333. The highest BCUT2D eigenvalue weighted by Crippen LogP contribution is 2.33. The summed E-state index contributed by atoms with van der Waals surface area (Å²) >= 11 is 4.81. The molecule has 0 spiro atoms. The molecule has 0 radical (unpaired) electrons. The Kier molecular flexibility index (Phi) is 6.99. The minimum atomic E-state index is -0.248. The number of para-hydroxylation sites is 2. The fourth-order valence-electron chi connectivity index (χ4n) is 3.95. The van der Waals surface area contributed by atoms with E-state index in [-0.39, 0.29) is 11.2 Å². The molecule has 33 heavy (non-hydrogen) atoms. The predicted molar refractivity (Wildman–Crippen MR) is 136 cm³/mol. The lowest BCUT2D eigenvalue weighted by Gasteiger charge is -2.16. The van der Waals surface area contributed by atoms with Crippen LogP contribution in [-0.2, 0) is 10.5 Å². The smallest absolute Gasteiger partial charge is 0.233 e. The molecule has 2 aromatic carbocycles. The summed E-state index contributed by atoms with van der Waals surface area (Å²) in [4.78, 5) is 17.5. The van der Waals surface area contributed by atoms with E-state index in [1.807, 2.05) is 55.5 Å². The summed E-state index contributed by atoms with van der Waals surface area (Å²) in [5, 5.41) is 12.6. The molecule has 1 aliphatic carbocycles. The van der Waals surface area contributed by atoms with Gasteiger partial charge in [0.15, 0.2) is 9.50 Å². The number of nitrogens with one attached hydrogen (secondary N) is 1. The van der Waals surface area contributed by atoms with E-state index in [1.165, 1.54) is 29.3 Å². The van der Waals surface area contributed by atoms with Crippen LogP contribution in [0.15, 0.2) is 64.1 Å². The zero-order valence-corrected chi connectivity index (χ0v) is 20.8. The highest BCUT2D eigenvalue weighted by Gasteiger charge is 2.24. The number of carbonyl (C=O) groups is 1.